The number of benzene rings is 2. The highest BCUT2D eigenvalue weighted by Crippen LogP contribution is 2.28. The second-order valence-corrected chi connectivity index (χ2v) is 10.7. The van der Waals surface area contributed by atoms with E-state index in [4.69, 9.17) is 20.8 Å². The summed E-state index contributed by atoms with van der Waals surface area (Å²) in [5, 5.41) is 3.19. The largest absolute Gasteiger partial charge is 0.439 e. The van der Waals surface area contributed by atoms with Crippen molar-refractivity contribution in [2.75, 3.05) is 32.8 Å². The number of morpholine rings is 1. The predicted molar refractivity (Wildman–Crippen MR) is 127 cm³/mol. The maximum Gasteiger partial charge on any atom is 0.287 e. The summed E-state index contributed by atoms with van der Waals surface area (Å²) in [6.07, 6.45) is 0. The molecule has 0 aliphatic carbocycles. The van der Waals surface area contributed by atoms with E-state index in [1.54, 1.807) is 12.1 Å². The molecule has 1 fully saturated rings. The van der Waals surface area contributed by atoms with Crippen LogP contribution in [-0.4, -0.2) is 52.1 Å². The summed E-state index contributed by atoms with van der Waals surface area (Å²) in [6.45, 7) is 2.90. The van der Waals surface area contributed by atoms with Gasteiger partial charge in [-0.3, -0.25) is 9.69 Å². The van der Waals surface area contributed by atoms with E-state index in [9.17, 15) is 13.2 Å². The zero-order valence-corrected chi connectivity index (χ0v) is 20.7. The first-order valence-corrected chi connectivity index (χ1v) is 13.0. The molecular formula is C23H22BrClN2O5S. The number of nitrogens with one attached hydrogen (secondary N) is 1. The monoisotopic (exact) mass is 552 g/mol. The van der Waals surface area contributed by atoms with E-state index >= 15 is 0 Å². The Hall–Kier alpha value is -2.17. The number of hydrogen-bond acceptors (Lipinski definition) is 6. The van der Waals surface area contributed by atoms with Gasteiger partial charge in [0.15, 0.2) is 5.76 Å². The summed E-state index contributed by atoms with van der Waals surface area (Å²) < 4.78 is 37.2. The Balaban J connectivity index is 1.50. The minimum atomic E-state index is -3.87. The minimum Gasteiger partial charge on any atom is -0.439 e. The van der Waals surface area contributed by atoms with Crippen LogP contribution in [0.15, 0.2) is 79.5 Å². The topological polar surface area (TPSA) is 88.9 Å². The highest BCUT2D eigenvalue weighted by atomic mass is 79.9. The van der Waals surface area contributed by atoms with Crippen LogP contribution in [-0.2, 0) is 14.6 Å². The van der Waals surface area contributed by atoms with Gasteiger partial charge in [-0.15, -0.1) is 0 Å². The van der Waals surface area contributed by atoms with Crippen molar-refractivity contribution in [2.45, 2.75) is 16.0 Å². The highest BCUT2D eigenvalue weighted by molar-refractivity contribution is 9.10. The maximum absolute atomic E-state index is 12.8. The molecule has 1 aromatic heterocycles. The SMILES string of the molecule is O=C(NCC(c1ccccc1Cl)N1CCOCC1)c1ccc(S(=O)(=O)c2ccc(Br)cc2)o1. The van der Waals surface area contributed by atoms with Crippen molar-refractivity contribution < 1.29 is 22.4 Å². The Morgan fingerprint density at radius 3 is 2.45 bits per heavy atom. The standard InChI is InChI=1S/C23H22BrClN2O5S/c24-16-5-7-17(8-6-16)33(29,30)22-10-9-21(32-22)23(28)26-15-20(27-11-13-31-14-12-27)18-3-1-2-4-19(18)25/h1-10,20H,11-15H2,(H,26,28). The minimum absolute atomic E-state index is 0.0782. The Labute approximate surface area is 205 Å². The van der Waals surface area contributed by atoms with Gasteiger partial charge in [0.1, 0.15) is 0 Å². The van der Waals surface area contributed by atoms with E-state index in [1.165, 1.54) is 24.3 Å². The Morgan fingerprint density at radius 1 is 1.06 bits per heavy atom. The fourth-order valence-electron chi connectivity index (χ4n) is 3.66. The molecular weight excluding hydrogens is 532 g/mol. The number of amides is 1. The third kappa shape index (κ3) is 5.50. The van der Waals surface area contributed by atoms with Gasteiger partial charge in [-0.1, -0.05) is 45.7 Å². The van der Waals surface area contributed by atoms with Gasteiger partial charge in [0.2, 0.25) is 14.9 Å². The number of halogens is 2. The van der Waals surface area contributed by atoms with E-state index in [1.807, 2.05) is 24.3 Å². The number of ether oxygens (including phenoxy) is 1. The number of rotatable bonds is 7. The molecule has 0 radical (unpaired) electrons. The molecule has 1 aliphatic rings. The summed E-state index contributed by atoms with van der Waals surface area (Å²) in [7, 11) is -3.87. The number of sulfone groups is 1. The molecule has 33 heavy (non-hydrogen) atoms. The Kier molecular flexibility index (Phi) is 7.55. The van der Waals surface area contributed by atoms with Gasteiger partial charge < -0.3 is 14.5 Å². The van der Waals surface area contributed by atoms with Gasteiger partial charge in [-0.25, -0.2) is 8.42 Å². The third-order valence-electron chi connectivity index (χ3n) is 5.40. The lowest BCUT2D eigenvalue weighted by atomic mass is 10.0. The zero-order chi connectivity index (χ0) is 23.4. The van der Waals surface area contributed by atoms with Crippen molar-refractivity contribution in [1.82, 2.24) is 10.2 Å². The van der Waals surface area contributed by atoms with E-state index in [0.717, 1.165) is 10.0 Å². The van der Waals surface area contributed by atoms with Crippen molar-refractivity contribution in [1.29, 1.82) is 0 Å². The molecule has 3 aromatic rings. The summed E-state index contributed by atoms with van der Waals surface area (Å²) in [5.41, 5.74) is 0.902. The number of furan rings is 1. The lowest BCUT2D eigenvalue weighted by Crippen LogP contribution is -2.43. The molecule has 0 saturated carbocycles. The first kappa shape index (κ1) is 24.0. The first-order chi connectivity index (χ1) is 15.9. The van der Waals surface area contributed by atoms with E-state index in [2.05, 4.69) is 26.1 Å². The predicted octanol–water partition coefficient (Wildman–Crippen LogP) is 4.33. The number of nitrogens with zero attached hydrogens (tertiary/aromatic N) is 1. The number of carbonyl (C=O) groups excluding carboxylic acids is 1. The Morgan fingerprint density at radius 2 is 1.76 bits per heavy atom. The molecule has 2 heterocycles. The second kappa shape index (κ2) is 10.4. The molecule has 10 heteroatoms. The van der Waals surface area contributed by atoms with E-state index in [-0.39, 0.29) is 28.3 Å². The van der Waals surface area contributed by atoms with E-state index < -0.39 is 15.7 Å². The molecule has 1 amide bonds. The van der Waals surface area contributed by atoms with Gasteiger partial charge >= 0.3 is 0 Å². The quantitative estimate of drug-likeness (QED) is 0.469. The van der Waals surface area contributed by atoms with Crippen LogP contribution in [0.1, 0.15) is 22.2 Å². The van der Waals surface area contributed by atoms with Crippen LogP contribution >= 0.6 is 27.5 Å². The van der Waals surface area contributed by atoms with Crippen molar-refractivity contribution in [3.8, 4) is 0 Å². The van der Waals surface area contributed by atoms with Gasteiger partial charge in [0.05, 0.1) is 24.2 Å². The summed E-state index contributed by atoms with van der Waals surface area (Å²) in [6, 6.07) is 16.2. The van der Waals surface area contributed by atoms with Crippen LogP contribution in [0.2, 0.25) is 5.02 Å². The highest BCUT2D eigenvalue weighted by Gasteiger charge is 2.27. The summed E-state index contributed by atoms with van der Waals surface area (Å²) >= 11 is 9.71. The molecule has 2 aromatic carbocycles. The molecule has 7 nitrogen and oxygen atoms in total. The molecule has 0 spiro atoms. The number of hydrogen-bond donors (Lipinski definition) is 1. The smallest absolute Gasteiger partial charge is 0.287 e. The van der Waals surface area contributed by atoms with Crippen molar-refractivity contribution in [2.24, 2.45) is 0 Å². The van der Waals surface area contributed by atoms with Crippen molar-refractivity contribution in [3.05, 3.63) is 81.5 Å². The normalized spacial score (nSPS) is 15.8. The fraction of sp³-hybridized carbons (Fsp3) is 0.261. The Bertz CT molecular complexity index is 1220. The first-order valence-electron chi connectivity index (χ1n) is 10.3. The summed E-state index contributed by atoms with van der Waals surface area (Å²) in [4.78, 5) is 15.1. The third-order valence-corrected chi connectivity index (χ3v) is 7.92. The fourth-order valence-corrected chi connectivity index (χ4v) is 5.36. The van der Waals surface area contributed by atoms with Crippen LogP contribution in [0.5, 0.6) is 0 Å². The molecule has 4 rings (SSSR count). The van der Waals surface area contributed by atoms with Crippen LogP contribution in [0, 0.1) is 0 Å². The van der Waals surface area contributed by atoms with Crippen LogP contribution in [0.25, 0.3) is 0 Å². The van der Waals surface area contributed by atoms with Gasteiger partial charge in [0, 0.05) is 29.1 Å². The molecule has 0 bridgehead atoms. The van der Waals surface area contributed by atoms with Crippen molar-refractivity contribution in [3.63, 3.8) is 0 Å². The maximum atomic E-state index is 12.8. The summed E-state index contributed by atoms with van der Waals surface area (Å²) in [5.74, 6) is -0.580. The molecule has 1 saturated heterocycles. The average Bonchev–Trinajstić information content (AvgIpc) is 3.33. The second-order valence-electron chi connectivity index (χ2n) is 7.47. The lowest BCUT2D eigenvalue weighted by molar-refractivity contribution is 0.0161. The van der Waals surface area contributed by atoms with Gasteiger partial charge in [-0.05, 0) is 48.0 Å². The zero-order valence-electron chi connectivity index (χ0n) is 17.5. The van der Waals surface area contributed by atoms with Gasteiger partial charge in [0.25, 0.3) is 5.91 Å². The average molecular weight is 554 g/mol. The van der Waals surface area contributed by atoms with E-state index in [0.29, 0.717) is 31.3 Å². The lowest BCUT2D eigenvalue weighted by Gasteiger charge is -2.35. The molecule has 1 N–H and O–H groups in total. The van der Waals surface area contributed by atoms with Crippen LogP contribution in [0.3, 0.4) is 0 Å². The molecule has 1 unspecified atom stereocenters. The van der Waals surface area contributed by atoms with Crippen molar-refractivity contribution >= 4 is 43.3 Å². The molecule has 1 atom stereocenters. The molecule has 1 aliphatic heterocycles. The number of carbonyl (C=O) groups is 1. The van der Waals surface area contributed by atoms with Crippen LogP contribution < -0.4 is 5.32 Å². The van der Waals surface area contributed by atoms with Crippen LogP contribution in [0.4, 0.5) is 0 Å². The molecule has 174 valence electrons. The van der Waals surface area contributed by atoms with Gasteiger partial charge in [-0.2, -0.15) is 0 Å².